The fraction of sp³-hybridized carbons (Fsp3) is 0.250. The van der Waals surface area contributed by atoms with Crippen LogP contribution in [0.2, 0.25) is 0 Å². The zero-order valence-corrected chi connectivity index (χ0v) is 12.2. The highest BCUT2D eigenvalue weighted by atomic mass is 16.2. The molecule has 2 heterocycles. The predicted octanol–water partition coefficient (Wildman–Crippen LogP) is 0.968. The van der Waals surface area contributed by atoms with Crippen molar-refractivity contribution < 1.29 is 9.59 Å². The fourth-order valence-electron chi connectivity index (χ4n) is 2.51. The number of anilines is 1. The van der Waals surface area contributed by atoms with Crippen LogP contribution in [0.4, 0.5) is 5.69 Å². The second kappa shape index (κ2) is 5.93. The molecule has 1 N–H and O–H groups in total. The maximum absolute atomic E-state index is 11.8. The van der Waals surface area contributed by atoms with Gasteiger partial charge < -0.3 is 10.2 Å². The number of nitrogens with one attached hydrogen (secondary N) is 1. The summed E-state index contributed by atoms with van der Waals surface area (Å²) in [4.78, 5) is 33.0. The monoisotopic (exact) mass is 296 g/mol. The van der Waals surface area contributed by atoms with Gasteiger partial charge in [0, 0.05) is 31.7 Å². The molecule has 6 nitrogen and oxygen atoms in total. The van der Waals surface area contributed by atoms with Crippen LogP contribution in [-0.4, -0.2) is 35.4 Å². The van der Waals surface area contributed by atoms with E-state index in [1.54, 1.807) is 11.9 Å². The van der Waals surface area contributed by atoms with Gasteiger partial charge in [0.15, 0.2) is 0 Å². The number of fused-ring (bicyclic) bond motifs is 1. The minimum Gasteiger partial charge on any atom is -0.350 e. The lowest BCUT2D eigenvalue weighted by atomic mass is 10.1. The van der Waals surface area contributed by atoms with Crippen LogP contribution in [0.25, 0.3) is 0 Å². The van der Waals surface area contributed by atoms with Gasteiger partial charge in [0.1, 0.15) is 5.69 Å². The maximum atomic E-state index is 11.8. The molecule has 1 aliphatic rings. The van der Waals surface area contributed by atoms with E-state index in [-0.39, 0.29) is 11.8 Å². The molecule has 0 unspecified atom stereocenters. The molecule has 0 fully saturated rings. The van der Waals surface area contributed by atoms with E-state index in [9.17, 15) is 9.59 Å². The van der Waals surface area contributed by atoms with Crippen molar-refractivity contribution in [3.8, 4) is 0 Å². The third-order valence-corrected chi connectivity index (χ3v) is 3.72. The van der Waals surface area contributed by atoms with Crippen molar-refractivity contribution in [1.82, 2.24) is 15.3 Å². The minimum atomic E-state index is -0.232. The zero-order valence-electron chi connectivity index (χ0n) is 12.2. The lowest BCUT2D eigenvalue weighted by molar-refractivity contribution is -0.117. The number of amides is 2. The van der Waals surface area contributed by atoms with Gasteiger partial charge >= 0.3 is 0 Å². The highest BCUT2D eigenvalue weighted by Gasteiger charge is 2.23. The number of nitrogens with zero attached hydrogens (tertiary/aromatic N) is 3. The minimum absolute atomic E-state index is 0.114. The normalized spacial score (nSPS) is 13.1. The van der Waals surface area contributed by atoms with Gasteiger partial charge in [0.25, 0.3) is 5.91 Å². The number of carbonyl (C=O) groups excluding carboxylic acids is 2. The van der Waals surface area contributed by atoms with Crippen LogP contribution >= 0.6 is 0 Å². The zero-order chi connectivity index (χ0) is 15.5. The van der Waals surface area contributed by atoms with E-state index in [0.717, 1.165) is 16.8 Å². The number of benzene rings is 1. The smallest absolute Gasteiger partial charge is 0.271 e. The molecule has 6 heteroatoms. The van der Waals surface area contributed by atoms with Crippen LogP contribution in [0.5, 0.6) is 0 Å². The van der Waals surface area contributed by atoms with Crippen molar-refractivity contribution in [2.45, 2.75) is 12.8 Å². The van der Waals surface area contributed by atoms with Crippen LogP contribution in [0, 0.1) is 0 Å². The summed E-state index contributed by atoms with van der Waals surface area (Å²) < 4.78 is 0. The average molecular weight is 296 g/mol. The van der Waals surface area contributed by atoms with Gasteiger partial charge in [0.05, 0.1) is 12.6 Å². The third kappa shape index (κ3) is 2.81. The predicted molar refractivity (Wildman–Crippen MR) is 81.6 cm³/mol. The van der Waals surface area contributed by atoms with E-state index in [4.69, 9.17) is 0 Å². The van der Waals surface area contributed by atoms with Gasteiger partial charge in [-0.2, -0.15) is 0 Å². The van der Waals surface area contributed by atoms with Crippen molar-refractivity contribution in [3.05, 3.63) is 53.6 Å². The molecule has 1 aromatic carbocycles. The van der Waals surface area contributed by atoms with Gasteiger partial charge in [-0.25, -0.2) is 4.98 Å². The van der Waals surface area contributed by atoms with Gasteiger partial charge in [-0.1, -0.05) is 12.1 Å². The molecule has 0 spiro atoms. The van der Waals surface area contributed by atoms with E-state index in [2.05, 4.69) is 15.3 Å². The SMILES string of the molecule is CN1C(=O)Cc2cc(CCNC(=O)c3cnccn3)ccc21. The number of carbonyl (C=O) groups is 2. The molecule has 0 radical (unpaired) electrons. The molecule has 1 aromatic heterocycles. The second-order valence-corrected chi connectivity index (χ2v) is 5.19. The highest BCUT2D eigenvalue weighted by Crippen LogP contribution is 2.28. The Morgan fingerprint density at radius 2 is 2.23 bits per heavy atom. The number of rotatable bonds is 4. The quantitative estimate of drug-likeness (QED) is 0.912. The standard InChI is InChI=1S/C16H16N4O2/c1-20-14-3-2-11(8-12(14)9-15(20)21)4-5-19-16(22)13-10-17-6-7-18-13/h2-3,6-8,10H,4-5,9H2,1H3,(H,19,22). The topological polar surface area (TPSA) is 75.2 Å². The van der Waals surface area contributed by atoms with Crippen LogP contribution in [0.3, 0.4) is 0 Å². The van der Waals surface area contributed by atoms with Crippen LogP contribution in [-0.2, 0) is 17.6 Å². The number of aromatic nitrogens is 2. The Bertz CT molecular complexity index is 715. The summed E-state index contributed by atoms with van der Waals surface area (Å²) in [5.74, 6) is -0.118. The Labute approximate surface area is 128 Å². The molecule has 22 heavy (non-hydrogen) atoms. The molecule has 0 saturated carbocycles. The van der Waals surface area contributed by atoms with E-state index < -0.39 is 0 Å². The first-order valence-corrected chi connectivity index (χ1v) is 7.08. The molecule has 0 atom stereocenters. The van der Waals surface area contributed by atoms with E-state index in [1.165, 1.54) is 18.6 Å². The van der Waals surface area contributed by atoms with Crippen LogP contribution in [0.1, 0.15) is 21.6 Å². The van der Waals surface area contributed by atoms with Crippen LogP contribution in [0.15, 0.2) is 36.8 Å². The molecule has 3 rings (SSSR count). The lowest BCUT2D eigenvalue weighted by Gasteiger charge is -2.10. The second-order valence-electron chi connectivity index (χ2n) is 5.19. The van der Waals surface area contributed by atoms with E-state index >= 15 is 0 Å². The maximum Gasteiger partial charge on any atom is 0.271 e. The largest absolute Gasteiger partial charge is 0.350 e. The van der Waals surface area contributed by atoms with Crippen molar-refractivity contribution in [2.75, 3.05) is 18.5 Å². The molecule has 0 aliphatic carbocycles. The van der Waals surface area contributed by atoms with Crippen molar-refractivity contribution >= 4 is 17.5 Å². The summed E-state index contributed by atoms with van der Waals surface area (Å²) in [5.41, 5.74) is 3.42. The highest BCUT2D eigenvalue weighted by molar-refractivity contribution is 6.00. The first kappa shape index (κ1) is 14.2. The lowest BCUT2D eigenvalue weighted by Crippen LogP contribution is -2.26. The van der Waals surface area contributed by atoms with Gasteiger partial charge in [-0.3, -0.25) is 14.6 Å². The molecule has 1 aliphatic heterocycles. The molecular weight excluding hydrogens is 280 g/mol. The van der Waals surface area contributed by atoms with Gasteiger partial charge in [-0.15, -0.1) is 0 Å². The molecule has 112 valence electrons. The number of likely N-dealkylation sites (N-methyl/N-ethyl adjacent to an activating group) is 1. The Morgan fingerprint density at radius 3 is 3.00 bits per heavy atom. The van der Waals surface area contributed by atoms with E-state index in [1.807, 2.05) is 18.2 Å². The van der Waals surface area contributed by atoms with Crippen molar-refractivity contribution in [1.29, 1.82) is 0 Å². The third-order valence-electron chi connectivity index (χ3n) is 3.72. The summed E-state index contributed by atoms with van der Waals surface area (Å²) >= 11 is 0. The first-order valence-electron chi connectivity index (χ1n) is 7.08. The average Bonchev–Trinajstić information content (AvgIpc) is 2.82. The molecule has 2 aromatic rings. The summed E-state index contributed by atoms with van der Waals surface area (Å²) in [7, 11) is 1.79. The fourth-order valence-corrected chi connectivity index (χ4v) is 2.51. The Kier molecular flexibility index (Phi) is 3.82. The van der Waals surface area contributed by atoms with Gasteiger partial charge in [0.2, 0.25) is 5.91 Å². The van der Waals surface area contributed by atoms with Crippen LogP contribution < -0.4 is 10.2 Å². The van der Waals surface area contributed by atoms with Crippen molar-refractivity contribution in [3.63, 3.8) is 0 Å². The molecule has 0 bridgehead atoms. The molecular formula is C16H16N4O2. The Morgan fingerprint density at radius 1 is 1.36 bits per heavy atom. The Hall–Kier alpha value is -2.76. The Balaban J connectivity index is 1.58. The summed E-state index contributed by atoms with van der Waals surface area (Å²) in [5, 5.41) is 2.81. The number of hydrogen-bond donors (Lipinski definition) is 1. The summed E-state index contributed by atoms with van der Waals surface area (Å²) in [6, 6.07) is 5.98. The first-order chi connectivity index (χ1) is 10.6. The summed E-state index contributed by atoms with van der Waals surface area (Å²) in [6.07, 6.45) is 5.61. The molecule has 2 amide bonds. The molecule has 0 saturated heterocycles. The van der Waals surface area contributed by atoms with E-state index in [0.29, 0.717) is 25.1 Å². The number of hydrogen-bond acceptors (Lipinski definition) is 4. The van der Waals surface area contributed by atoms with Gasteiger partial charge in [-0.05, 0) is 23.6 Å². The van der Waals surface area contributed by atoms with Crippen molar-refractivity contribution in [2.24, 2.45) is 0 Å². The summed E-state index contributed by atoms with van der Waals surface area (Å²) in [6.45, 7) is 0.512.